The van der Waals surface area contributed by atoms with Gasteiger partial charge in [-0.05, 0) is 23.0 Å². The molecule has 0 amide bonds. The molecular formula is C16H22N2+2. The average Bonchev–Trinajstić information content (AvgIpc) is 2.39. The lowest BCUT2D eigenvalue weighted by molar-refractivity contribution is -0.671. The second-order valence-electron chi connectivity index (χ2n) is 5.17. The van der Waals surface area contributed by atoms with Gasteiger partial charge in [0.1, 0.15) is 14.1 Å². The summed E-state index contributed by atoms with van der Waals surface area (Å²) in [7, 11) is 4.10. The van der Waals surface area contributed by atoms with Gasteiger partial charge in [0.15, 0.2) is 24.8 Å². The molecule has 0 spiro atoms. The van der Waals surface area contributed by atoms with Crippen LogP contribution in [0.1, 0.15) is 36.8 Å². The molecule has 2 aromatic rings. The molecule has 0 aliphatic heterocycles. The fraction of sp³-hybridized carbons (Fsp3) is 0.375. The van der Waals surface area contributed by atoms with Gasteiger partial charge in [0.25, 0.3) is 0 Å². The molecule has 2 rings (SSSR count). The summed E-state index contributed by atoms with van der Waals surface area (Å²) in [6.07, 6.45) is 8.46. The van der Waals surface area contributed by atoms with E-state index >= 15 is 0 Å². The Balaban J connectivity index is 2.20. The van der Waals surface area contributed by atoms with Crippen LogP contribution in [0.4, 0.5) is 0 Å². The zero-order valence-corrected chi connectivity index (χ0v) is 11.7. The molecule has 18 heavy (non-hydrogen) atoms. The zero-order valence-electron chi connectivity index (χ0n) is 11.7. The molecule has 2 heterocycles. The van der Waals surface area contributed by atoms with Crippen LogP contribution < -0.4 is 9.13 Å². The Morgan fingerprint density at radius 3 is 1.22 bits per heavy atom. The van der Waals surface area contributed by atoms with Gasteiger partial charge < -0.3 is 0 Å². The highest BCUT2D eigenvalue weighted by molar-refractivity contribution is 5.23. The van der Waals surface area contributed by atoms with Gasteiger partial charge in [0, 0.05) is 24.3 Å². The predicted molar refractivity (Wildman–Crippen MR) is 72.1 cm³/mol. The first kappa shape index (κ1) is 12.7. The van der Waals surface area contributed by atoms with Gasteiger partial charge in [0.05, 0.1) is 0 Å². The molecule has 94 valence electrons. The van der Waals surface area contributed by atoms with Crippen molar-refractivity contribution in [3.8, 4) is 0 Å². The third-order valence-corrected chi connectivity index (χ3v) is 3.81. The molecular weight excluding hydrogens is 220 g/mol. The van der Waals surface area contributed by atoms with E-state index in [0.717, 1.165) is 0 Å². The van der Waals surface area contributed by atoms with Gasteiger partial charge in [-0.1, -0.05) is 13.8 Å². The lowest BCUT2D eigenvalue weighted by Crippen LogP contribution is -2.27. The van der Waals surface area contributed by atoms with Crippen molar-refractivity contribution in [2.24, 2.45) is 14.1 Å². The number of nitrogens with zero attached hydrogens (tertiary/aromatic N) is 2. The van der Waals surface area contributed by atoms with E-state index in [1.54, 1.807) is 0 Å². The quantitative estimate of drug-likeness (QED) is 0.729. The molecule has 0 aromatic carbocycles. The van der Waals surface area contributed by atoms with Crippen LogP contribution in [0.2, 0.25) is 0 Å². The average molecular weight is 242 g/mol. The molecule has 0 aliphatic carbocycles. The van der Waals surface area contributed by atoms with Crippen molar-refractivity contribution in [3.05, 3.63) is 60.2 Å². The Morgan fingerprint density at radius 1 is 0.667 bits per heavy atom. The third kappa shape index (κ3) is 2.76. The minimum atomic E-state index is 0.527. The Morgan fingerprint density at radius 2 is 0.944 bits per heavy atom. The summed E-state index contributed by atoms with van der Waals surface area (Å²) in [6.45, 7) is 4.60. The van der Waals surface area contributed by atoms with Gasteiger partial charge in [-0.2, -0.15) is 0 Å². The monoisotopic (exact) mass is 242 g/mol. The van der Waals surface area contributed by atoms with Crippen LogP contribution in [0.25, 0.3) is 0 Å². The maximum atomic E-state index is 2.30. The SMILES string of the molecule is C[C@H](c1cc[n+](C)cc1)[C@@H](C)c1cc[n+](C)cc1. The topological polar surface area (TPSA) is 7.76 Å². The molecule has 0 N–H and O–H groups in total. The van der Waals surface area contributed by atoms with E-state index < -0.39 is 0 Å². The van der Waals surface area contributed by atoms with Crippen LogP contribution in [0.3, 0.4) is 0 Å². The van der Waals surface area contributed by atoms with Crippen molar-refractivity contribution in [2.45, 2.75) is 25.7 Å². The summed E-state index contributed by atoms with van der Waals surface area (Å²) in [5, 5.41) is 0. The smallest absolute Gasteiger partial charge is 0.168 e. The van der Waals surface area contributed by atoms with Gasteiger partial charge in [-0.15, -0.1) is 0 Å². The maximum Gasteiger partial charge on any atom is 0.168 e. The molecule has 0 saturated carbocycles. The van der Waals surface area contributed by atoms with Gasteiger partial charge in [0.2, 0.25) is 0 Å². The van der Waals surface area contributed by atoms with E-state index in [9.17, 15) is 0 Å². The number of hydrogen-bond donors (Lipinski definition) is 0. The zero-order chi connectivity index (χ0) is 13.1. The summed E-state index contributed by atoms with van der Waals surface area (Å²) in [6, 6.07) is 8.85. The second-order valence-corrected chi connectivity index (χ2v) is 5.17. The molecule has 2 heteroatoms. The Hall–Kier alpha value is -1.70. The molecule has 2 nitrogen and oxygen atoms in total. The summed E-state index contributed by atoms with van der Waals surface area (Å²) < 4.78 is 4.15. The molecule has 0 saturated heterocycles. The first-order valence-electron chi connectivity index (χ1n) is 6.48. The van der Waals surface area contributed by atoms with Crippen molar-refractivity contribution < 1.29 is 9.13 Å². The fourth-order valence-electron chi connectivity index (χ4n) is 2.21. The van der Waals surface area contributed by atoms with Crippen molar-refractivity contribution in [1.82, 2.24) is 0 Å². The van der Waals surface area contributed by atoms with Gasteiger partial charge in [-0.3, -0.25) is 0 Å². The Bertz CT molecular complexity index is 450. The predicted octanol–water partition coefficient (Wildman–Crippen LogP) is 2.24. The molecule has 0 radical (unpaired) electrons. The van der Waals surface area contributed by atoms with Gasteiger partial charge >= 0.3 is 0 Å². The van der Waals surface area contributed by atoms with Crippen molar-refractivity contribution in [2.75, 3.05) is 0 Å². The third-order valence-electron chi connectivity index (χ3n) is 3.81. The van der Waals surface area contributed by atoms with E-state index in [0.29, 0.717) is 11.8 Å². The summed E-state index contributed by atoms with van der Waals surface area (Å²) in [5.41, 5.74) is 2.79. The van der Waals surface area contributed by atoms with Crippen LogP contribution in [0.5, 0.6) is 0 Å². The number of aryl methyl sites for hydroxylation is 2. The Labute approximate surface area is 110 Å². The van der Waals surface area contributed by atoms with Crippen LogP contribution in [0, 0.1) is 0 Å². The van der Waals surface area contributed by atoms with Crippen LogP contribution >= 0.6 is 0 Å². The molecule has 2 atom stereocenters. The van der Waals surface area contributed by atoms with E-state index in [1.165, 1.54) is 11.1 Å². The van der Waals surface area contributed by atoms with Crippen molar-refractivity contribution in [1.29, 1.82) is 0 Å². The summed E-state index contributed by atoms with van der Waals surface area (Å²) in [4.78, 5) is 0. The maximum absolute atomic E-state index is 2.30. The van der Waals surface area contributed by atoms with E-state index in [-0.39, 0.29) is 0 Å². The normalized spacial score (nSPS) is 14.2. The molecule has 2 aromatic heterocycles. The standard InChI is InChI=1S/C16H22N2/c1-13(15-5-9-17(3)10-6-15)14(2)16-7-11-18(4)12-8-16/h5-14H,1-4H3/q+2/t13-,14+. The van der Waals surface area contributed by atoms with Gasteiger partial charge in [-0.25, -0.2) is 9.13 Å². The fourth-order valence-corrected chi connectivity index (χ4v) is 2.21. The molecule has 0 fully saturated rings. The van der Waals surface area contributed by atoms with Crippen LogP contribution in [-0.2, 0) is 14.1 Å². The number of pyridine rings is 2. The first-order valence-corrected chi connectivity index (χ1v) is 6.48. The highest BCUT2D eigenvalue weighted by Gasteiger charge is 2.17. The molecule has 0 aliphatic rings. The second kappa shape index (κ2) is 5.30. The number of rotatable bonds is 3. The van der Waals surface area contributed by atoms with Crippen molar-refractivity contribution in [3.63, 3.8) is 0 Å². The van der Waals surface area contributed by atoms with Crippen LogP contribution in [-0.4, -0.2) is 0 Å². The summed E-state index contributed by atoms with van der Waals surface area (Å²) >= 11 is 0. The lowest BCUT2D eigenvalue weighted by atomic mass is 9.85. The first-order chi connectivity index (χ1) is 8.58. The molecule has 0 bridgehead atoms. The highest BCUT2D eigenvalue weighted by Crippen LogP contribution is 2.31. The van der Waals surface area contributed by atoms with E-state index in [2.05, 4.69) is 86.1 Å². The van der Waals surface area contributed by atoms with E-state index in [4.69, 9.17) is 0 Å². The van der Waals surface area contributed by atoms with Crippen molar-refractivity contribution >= 4 is 0 Å². The largest absolute Gasteiger partial charge is 0.208 e. The highest BCUT2D eigenvalue weighted by atomic mass is 14.9. The number of hydrogen-bond acceptors (Lipinski definition) is 0. The molecule has 0 unspecified atom stereocenters. The summed E-state index contributed by atoms with van der Waals surface area (Å²) in [5.74, 6) is 1.05. The minimum absolute atomic E-state index is 0.527. The lowest BCUT2D eigenvalue weighted by Gasteiger charge is -2.19. The Kier molecular flexibility index (Phi) is 3.75. The minimum Gasteiger partial charge on any atom is -0.208 e. The number of aromatic nitrogens is 2. The van der Waals surface area contributed by atoms with E-state index in [1.807, 2.05) is 0 Å². The van der Waals surface area contributed by atoms with Crippen LogP contribution in [0.15, 0.2) is 49.1 Å².